The van der Waals surface area contributed by atoms with E-state index in [1.807, 2.05) is 0 Å². The Labute approximate surface area is 88.9 Å². The first kappa shape index (κ1) is 11.7. The number of nitrogens with one attached hydrogen (secondary N) is 1. The second kappa shape index (κ2) is 4.91. The quantitative estimate of drug-likeness (QED) is 0.526. The third-order valence-electron chi connectivity index (χ3n) is 2.15. The molecule has 0 spiro atoms. The van der Waals surface area contributed by atoms with E-state index in [1.54, 1.807) is 6.92 Å². The molecule has 1 rings (SSSR count). The van der Waals surface area contributed by atoms with Crippen LogP contribution in [0.25, 0.3) is 0 Å². The maximum atomic E-state index is 11.4. The molecule has 1 atom stereocenters. The zero-order valence-corrected chi connectivity index (χ0v) is 8.75. The summed E-state index contributed by atoms with van der Waals surface area (Å²) in [5.74, 6) is -0.311. The van der Waals surface area contributed by atoms with E-state index in [0.29, 0.717) is 23.3 Å². The fraction of sp³-hybridized carbons (Fsp3) is 0.364. The molecule has 1 heterocycles. The highest BCUT2D eigenvalue weighted by Crippen LogP contribution is 2.11. The van der Waals surface area contributed by atoms with Crippen molar-refractivity contribution in [3.8, 4) is 0 Å². The van der Waals surface area contributed by atoms with Gasteiger partial charge in [0.05, 0.1) is 13.2 Å². The molecule has 1 aliphatic heterocycles. The zero-order valence-electron chi connectivity index (χ0n) is 8.75. The smallest absolute Gasteiger partial charge is 0.254 e. The molecule has 82 valence electrons. The van der Waals surface area contributed by atoms with E-state index in [2.05, 4.69) is 18.5 Å². The maximum Gasteiger partial charge on any atom is 0.254 e. The average Bonchev–Trinajstić information content (AvgIpc) is 2.59. The third-order valence-corrected chi connectivity index (χ3v) is 2.15. The molecule has 1 aliphatic rings. The van der Waals surface area contributed by atoms with Gasteiger partial charge in [0.15, 0.2) is 0 Å². The Kier molecular flexibility index (Phi) is 3.82. The van der Waals surface area contributed by atoms with Crippen molar-refractivity contribution in [1.29, 1.82) is 0 Å². The van der Waals surface area contributed by atoms with Gasteiger partial charge in [-0.15, -0.1) is 0 Å². The zero-order chi connectivity index (χ0) is 11.4. The summed E-state index contributed by atoms with van der Waals surface area (Å²) in [6.07, 6.45) is 0.845. The molecule has 1 amide bonds. The molecule has 0 aromatic heterocycles. The van der Waals surface area contributed by atoms with Crippen LogP contribution in [-0.2, 0) is 9.53 Å². The van der Waals surface area contributed by atoms with Gasteiger partial charge in [-0.1, -0.05) is 13.2 Å². The van der Waals surface area contributed by atoms with Crippen molar-refractivity contribution in [3.63, 3.8) is 0 Å². The lowest BCUT2D eigenvalue weighted by Crippen LogP contribution is -2.21. The lowest BCUT2D eigenvalue weighted by atomic mass is 10.1. The Morgan fingerprint density at radius 1 is 1.67 bits per heavy atom. The Hall–Kier alpha value is -1.39. The van der Waals surface area contributed by atoms with Gasteiger partial charge in [-0.2, -0.15) is 0 Å². The van der Waals surface area contributed by atoms with Crippen LogP contribution in [0.4, 0.5) is 0 Å². The summed E-state index contributed by atoms with van der Waals surface area (Å²) in [4.78, 5) is 11.4. The molecule has 0 radical (unpaired) electrons. The minimum Gasteiger partial charge on any atom is -0.386 e. The van der Waals surface area contributed by atoms with Crippen molar-refractivity contribution in [2.24, 2.45) is 0 Å². The van der Waals surface area contributed by atoms with Gasteiger partial charge < -0.3 is 15.2 Å². The summed E-state index contributed by atoms with van der Waals surface area (Å²) >= 11 is 0. The number of aliphatic hydroxyl groups excluding tert-OH is 1. The van der Waals surface area contributed by atoms with Crippen LogP contribution in [0, 0.1) is 0 Å². The standard InChI is InChI=1S/C11H15NO3/c1-7(2)8(3)11(14)12-4-9-5-15-6-10(9)13/h4,10,13H,1,3,5-6H2,2H3,(H,12,14)/b9-4-. The van der Waals surface area contributed by atoms with Crippen LogP contribution in [0.15, 0.2) is 36.1 Å². The van der Waals surface area contributed by atoms with E-state index in [9.17, 15) is 9.90 Å². The number of carbonyl (C=O) groups excluding carboxylic acids is 1. The molecule has 4 nitrogen and oxygen atoms in total. The van der Waals surface area contributed by atoms with Gasteiger partial charge >= 0.3 is 0 Å². The molecule has 0 aromatic rings. The number of aliphatic hydroxyl groups is 1. The van der Waals surface area contributed by atoms with E-state index in [4.69, 9.17) is 4.74 Å². The Balaban J connectivity index is 2.53. The van der Waals surface area contributed by atoms with E-state index >= 15 is 0 Å². The minimum atomic E-state index is -0.622. The summed E-state index contributed by atoms with van der Waals surface area (Å²) in [7, 11) is 0. The van der Waals surface area contributed by atoms with Gasteiger partial charge in [0.2, 0.25) is 0 Å². The first-order valence-corrected chi connectivity index (χ1v) is 4.62. The predicted molar refractivity (Wildman–Crippen MR) is 57.0 cm³/mol. The Morgan fingerprint density at radius 3 is 2.80 bits per heavy atom. The van der Waals surface area contributed by atoms with Gasteiger partial charge in [-0.25, -0.2) is 0 Å². The molecular formula is C11H15NO3. The summed E-state index contributed by atoms with van der Waals surface area (Å²) in [6.45, 7) is 9.54. The fourth-order valence-corrected chi connectivity index (χ4v) is 1.07. The number of carbonyl (C=O) groups is 1. The molecule has 15 heavy (non-hydrogen) atoms. The summed E-state index contributed by atoms with van der Waals surface area (Å²) in [5.41, 5.74) is 1.62. The number of rotatable bonds is 3. The van der Waals surface area contributed by atoms with Crippen LogP contribution < -0.4 is 5.32 Å². The van der Waals surface area contributed by atoms with Gasteiger partial charge in [0.1, 0.15) is 6.10 Å². The van der Waals surface area contributed by atoms with Gasteiger partial charge in [-0.05, 0) is 12.5 Å². The molecule has 1 saturated heterocycles. The topological polar surface area (TPSA) is 58.6 Å². The highest BCUT2D eigenvalue weighted by atomic mass is 16.5. The molecule has 4 heteroatoms. The highest BCUT2D eigenvalue weighted by molar-refractivity contribution is 5.97. The summed E-state index contributed by atoms with van der Waals surface area (Å²) in [6, 6.07) is 0. The maximum absolute atomic E-state index is 11.4. The number of hydrogen-bond acceptors (Lipinski definition) is 3. The Morgan fingerprint density at radius 2 is 2.33 bits per heavy atom. The van der Waals surface area contributed by atoms with Crippen molar-refractivity contribution in [2.45, 2.75) is 13.0 Å². The molecule has 1 unspecified atom stereocenters. The summed E-state index contributed by atoms with van der Waals surface area (Å²) in [5, 5.41) is 11.9. The average molecular weight is 209 g/mol. The third kappa shape index (κ3) is 3.04. The lowest BCUT2D eigenvalue weighted by molar-refractivity contribution is -0.116. The first-order chi connectivity index (χ1) is 7.02. The molecular weight excluding hydrogens is 194 g/mol. The van der Waals surface area contributed by atoms with Crippen molar-refractivity contribution in [2.75, 3.05) is 13.2 Å². The van der Waals surface area contributed by atoms with Crippen LogP contribution >= 0.6 is 0 Å². The molecule has 1 fully saturated rings. The minimum absolute atomic E-state index is 0.281. The van der Waals surface area contributed by atoms with Crippen LogP contribution in [-0.4, -0.2) is 30.3 Å². The molecule has 0 aliphatic carbocycles. The van der Waals surface area contributed by atoms with Crippen molar-refractivity contribution < 1.29 is 14.6 Å². The van der Waals surface area contributed by atoms with E-state index in [-0.39, 0.29) is 12.5 Å². The predicted octanol–water partition coefficient (Wildman–Crippen LogP) is 0.510. The first-order valence-electron chi connectivity index (χ1n) is 4.62. The van der Waals surface area contributed by atoms with Crippen LogP contribution in [0.5, 0.6) is 0 Å². The lowest BCUT2D eigenvalue weighted by Gasteiger charge is -2.05. The SMILES string of the molecule is C=C(C)C(=C)C(=O)N/C=C1/COCC1O. The molecule has 0 saturated carbocycles. The largest absolute Gasteiger partial charge is 0.386 e. The Bertz CT molecular complexity index is 331. The van der Waals surface area contributed by atoms with Gasteiger partial charge in [-0.3, -0.25) is 4.79 Å². The highest BCUT2D eigenvalue weighted by Gasteiger charge is 2.18. The van der Waals surface area contributed by atoms with E-state index < -0.39 is 6.10 Å². The number of hydrogen-bond donors (Lipinski definition) is 2. The van der Waals surface area contributed by atoms with Crippen molar-refractivity contribution >= 4 is 5.91 Å². The monoisotopic (exact) mass is 209 g/mol. The molecule has 0 bridgehead atoms. The number of amides is 1. The molecule has 0 aromatic carbocycles. The van der Waals surface area contributed by atoms with Crippen LogP contribution in [0.3, 0.4) is 0 Å². The number of ether oxygens (including phenoxy) is 1. The molecule has 2 N–H and O–H groups in total. The fourth-order valence-electron chi connectivity index (χ4n) is 1.07. The second-order valence-electron chi connectivity index (χ2n) is 3.48. The van der Waals surface area contributed by atoms with Gasteiger partial charge in [0.25, 0.3) is 5.91 Å². The van der Waals surface area contributed by atoms with Gasteiger partial charge in [0, 0.05) is 17.3 Å². The van der Waals surface area contributed by atoms with Crippen molar-refractivity contribution in [3.05, 3.63) is 36.1 Å². The normalized spacial score (nSPS) is 22.8. The summed E-state index contributed by atoms with van der Waals surface area (Å²) < 4.78 is 5.00. The van der Waals surface area contributed by atoms with E-state index in [1.165, 1.54) is 6.20 Å². The van der Waals surface area contributed by atoms with Crippen LogP contribution in [0.1, 0.15) is 6.92 Å². The second-order valence-corrected chi connectivity index (χ2v) is 3.48. The van der Waals surface area contributed by atoms with Crippen molar-refractivity contribution in [1.82, 2.24) is 5.32 Å². The van der Waals surface area contributed by atoms with Crippen LogP contribution in [0.2, 0.25) is 0 Å². The van der Waals surface area contributed by atoms with E-state index in [0.717, 1.165) is 0 Å².